The average Bonchev–Trinajstić information content (AvgIpc) is 2.79. The summed E-state index contributed by atoms with van der Waals surface area (Å²) in [6.07, 6.45) is 5.22. The monoisotopic (exact) mass is 412 g/mol. The molecule has 0 aliphatic rings. The van der Waals surface area contributed by atoms with E-state index in [9.17, 15) is 9.59 Å². The second-order valence-corrected chi connectivity index (χ2v) is 7.07. The minimum absolute atomic E-state index is 0.117. The number of para-hydroxylation sites is 1. The maximum Gasteiger partial charge on any atom is 0.275 e. The predicted octanol–water partition coefficient (Wildman–Crippen LogP) is 3.97. The molecule has 2 N–H and O–H groups in total. The number of aromatic nitrogens is 4. The predicted molar refractivity (Wildman–Crippen MR) is 118 cm³/mol. The summed E-state index contributed by atoms with van der Waals surface area (Å²) < 4.78 is 0. The van der Waals surface area contributed by atoms with Crippen molar-refractivity contribution in [2.45, 2.75) is 19.9 Å². The molecular formula is C23H20N6O2. The van der Waals surface area contributed by atoms with Crippen molar-refractivity contribution in [3.05, 3.63) is 83.7 Å². The molecule has 0 aliphatic heterocycles. The van der Waals surface area contributed by atoms with Gasteiger partial charge in [0.05, 0.1) is 23.4 Å². The lowest BCUT2D eigenvalue weighted by atomic mass is 10.1. The van der Waals surface area contributed by atoms with E-state index in [-0.39, 0.29) is 17.6 Å². The van der Waals surface area contributed by atoms with Gasteiger partial charge in [-0.3, -0.25) is 14.6 Å². The van der Waals surface area contributed by atoms with Crippen molar-refractivity contribution in [1.82, 2.24) is 19.9 Å². The van der Waals surface area contributed by atoms with Gasteiger partial charge < -0.3 is 10.6 Å². The molecule has 8 nitrogen and oxygen atoms in total. The Morgan fingerprint density at radius 2 is 1.87 bits per heavy atom. The molecule has 4 aromatic rings. The minimum atomic E-state index is -0.326. The summed E-state index contributed by atoms with van der Waals surface area (Å²) in [5.74, 6) is 0.305. The number of benzene rings is 2. The Hall–Kier alpha value is -4.20. The zero-order chi connectivity index (χ0) is 21.8. The molecule has 31 heavy (non-hydrogen) atoms. The molecule has 0 fully saturated rings. The first-order chi connectivity index (χ1) is 15.0. The zero-order valence-electron chi connectivity index (χ0n) is 17.0. The third kappa shape index (κ3) is 4.37. The highest BCUT2D eigenvalue weighted by Gasteiger charge is 2.13. The van der Waals surface area contributed by atoms with E-state index < -0.39 is 0 Å². The zero-order valence-corrected chi connectivity index (χ0v) is 17.0. The highest BCUT2D eigenvalue weighted by molar-refractivity contribution is 6.02. The Morgan fingerprint density at radius 3 is 2.65 bits per heavy atom. The molecule has 0 bridgehead atoms. The summed E-state index contributed by atoms with van der Waals surface area (Å²) in [6.45, 7) is 3.80. The molecule has 4 rings (SSSR count). The third-order valence-corrected chi connectivity index (χ3v) is 4.83. The summed E-state index contributed by atoms with van der Waals surface area (Å²) in [6, 6.07) is 12.8. The number of rotatable bonds is 6. The van der Waals surface area contributed by atoms with E-state index in [1.54, 1.807) is 18.3 Å². The van der Waals surface area contributed by atoms with Crippen LogP contribution in [0.3, 0.4) is 0 Å². The molecular weight excluding hydrogens is 392 g/mol. The number of aryl methyl sites for hydroxylation is 1. The standard InChI is InChI=1S/C23H20N6O2/c1-14-10-25-20(11-24-14)23(31)29-18-7-3-5-16(9-18)15(2)28-22-19-8-4-6-17(12-30)21(19)26-13-27-22/h3-13,15H,1-2H3,(H,29,31)(H,26,27,28). The summed E-state index contributed by atoms with van der Waals surface area (Å²) in [4.78, 5) is 40.5. The minimum Gasteiger partial charge on any atom is -0.363 e. The molecule has 1 amide bonds. The van der Waals surface area contributed by atoms with Gasteiger partial charge in [0.2, 0.25) is 0 Å². The van der Waals surface area contributed by atoms with E-state index in [1.807, 2.05) is 44.2 Å². The van der Waals surface area contributed by atoms with Gasteiger partial charge in [0, 0.05) is 22.8 Å². The molecule has 8 heteroatoms. The molecule has 2 heterocycles. The average molecular weight is 412 g/mol. The van der Waals surface area contributed by atoms with Gasteiger partial charge in [-0.15, -0.1) is 0 Å². The van der Waals surface area contributed by atoms with Crippen molar-refractivity contribution in [1.29, 1.82) is 0 Å². The maximum absolute atomic E-state index is 12.4. The fraction of sp³-hybridized carbons (Fsp3) is 0.130. The second kappa shape index (κ2) is 8.66. The van der Waals surface area contributed by atoms with Crippen LogP contribution in [0.1, 0.15) is 45.1 Å². The number of anilines is 2. The van der Waals surface area contributed by atoms with Crippen LogP contribution in [0.25, 0.3) is 10.9 Å². The Morgan fingerprint density at radius 1 is 1.03 bits per heavy atom. The fourth-order valence-corrected chi connectivity index (χ4v) is 3.20. The fourth-order valence-electron chi connectivity index (χ4n) is 3.20. The number of hydrogen-bond acceptors (Lipinski definition) is 7. The molecule has 0 spiro atoms. The highest BCUT2D eigenvalue weighted by atomic mass is 16.1. The Kier molecular flexibility index (Phi) is 5.61. The van der Waals surface area contributed by atoms with Gasteiger partial charge >= 0.3 is 0 Å². The molecule has 2 aromatic carbocycles. The number of fused-ring (bicyclic) bond motifs is 1. The van der Waals surface area contributed by atoms with E-state index in [1.165, 1.54) is 12.5 Å². The number of carbonyl (C=O) groups is 2. The molecule has 1 atom stereocenters. The molecule has 0 saturated heterocycles. The van der Waals surface area contributed by atoms with Crippen LogP contribution in [0.5, 0.6) is 0 Å². The van der Waals surface area contributed by atoms with Gasteiger partial charge in [-0.1, -0.05) is 18.2 Å². The summed E-state index contributed by atoms with van der Waals surface area (Å²) >= 11 is 0. The summed E-state index contributed by atoms with van der Waals surface area (Å²) in [7, 11) is 0. The first kappa shape index (κ1) is 20.1. The quantitative estimate of drug-likeness (QED) is 0.461. The van der Waals surface area contributed by atoms with Crippen molar-refractivity contribution >= 4 is 34.6 Å². The molecule has 1 unspecified atom stereocenters. The highest BCUT2D eigenvalue weighted by Crippen LogP contribution is 2.26. The number of nitrogens with one attached hydrogen (secondary N) is 2. The van der Waals surface area contributed by atoms with Crippen molar-refractivity contribution in [3.8, 4) is 0 Å². The van der Waals surface area contributed by atoms with Crippen LogP contribution in [0, 0.1) is 6.92 Å². The molecule has 0 saturated carbocycles. The van der Waals surface area contributed by atoms with Crippen LogP contribution in [-0.2, 0) is 0 Å². The van der Waals surface area contributed by atoms with Crippen LogP contribution in [0.2, 0.25) is 0 Å². The van der Waals surface area contributed by atoms with Gasteiger partial charge in [0.15, 0.2) is 6.29 Å². The number of hydrogen-bond donors (Lipinski definition) is 2. The van der Waals surface area contributed by atoms with Gasteiger partial charge in [0.1, 0.15) is 17.8 Å². The number of nitrogens with zero attached hydrogens (tertiary/aromatic N) is 4. The summed E-state index contributed by atoms with van der Waals surface area (Å²) in [5.41, 5.74) is 3.71. The Bertz CT molecular complexity index is 1260. The van der Waals surface area contributed by atoms with Crippen molar-refractivity contribution in [2.24, 2.45) is 0 Å². The van der Waals surface area contributed by atoms with E-state index >= 15 is 0 Å². The number of carbonyl (C=O) groups excluding carboxylic acids is 2. The van der Waals surface area contributed by atoms with Gasteiger partial charge in [-0.2, -0.15) is 0 Å². The SMILES string of the molecule is Cc1cnc(C(=O)Nc2cccc(C(C)Nc3ncnc4c(C=O)cccc34)c2)cn1. The lowest BCUT2D eigenvalue weighted by Gasteiger charge is -2.17. The van der Waals surface area contributed by atoms with Gasteiger partial charge in [-0.05, 0) is 43.7 Å². The molecule has 154 valence electrons. The van der Waals surface area contributed by atoms with Crippen LogP contribution in [-0.4, -0.2) is 32.1 Å². The third-order valence-electron chi connectivity index (χ3n) is 4.83. The van der Waals surface area contributed by atoms with Gasteiger partial charge in [0.25, 0.3) is 5.91 Å². The normalized spacial score (nSPS) is 11.7. The summed E-state index contributed by atoms with van der Waals surface area (Å²) in [5, 5.41) is 6.98. The van der Waals surface area contributed by atoms with Crippen LogP contribution >= 0.6 is 0 Å². The van der Waals surface area contributed by atoms with E-state index in [2.05, 4.69) is 30.6 Å². The van der Waals surface area contributed by atoms with Gasteiger partial charge in [-0.25, -0.2) is 15.0 Å². The van der Waals surface area contributed by atoms with Crippen molar-refractivity contribution < 1.29 is 9.59 Å². The lowest BCUT2D eigenvalue weighted by molar-refractivity contribution is 0.102. The Balaban J connectivity index is 1.54. The van der Waals surface area contributed by atoms with Crippen molar-refractivity contribution in [2.75, 3.05) is 10.6 Å². The Labute approximate surface area is 178 Å². The maximum atomic E-state index is 12.4. The number of aldehydes is 1. The van der Waals surface area contributed by atoms with Crippen LogP contribution in [0.15, 0.2) is 61.2 Å². The molecule has 2 aromatic heterocycles. The van der Waals surface area contributed by atoms with E-state index in [0.29, 0.717) is 22.6 Å². The number of amides is 1. The largest absolute Gasteiger partial charge is 0.363 e. The van der Waals surface area contributed by atoms with E-state index in [0.717, 1.165) is 22.9 Å². The lowest BCUT2D eigenvalue weighted by Crippen LogP contribution is -2.15. The van der Waals surface area contributed by atoms with Crippen LogP contribution in [0.4, 0.5) is 11.5 Å². The first-order valence-corrected chi connectivity index (χ1v) is 9.70. The smallest absolute Gasteiger partial charge is 0.275 e. The van der Waals surface area contributed by atoms with Crippen molar-refractivity contribution in [3.63, 3.8) is 0 Å². The second-order valence-electron chi connectivity index (χ2n) is 7.07. The topological polar surface area (TPSA) is 110 Å². The first-order valence-electron chi connectivity index (χ1n) is 9.70. The van der Waals surface area contributed by atoms with Crippen LogP contribution < -0.4 is 10.6 Å². The molecule has 0 aliphatic carbocycles. The molecule has 0 radical (unpaired) electrons. The van der Waals surface area contributed by atoms with E-state index in [4.69, 9.17) is 0 Å².